The number of aromatic nitrogens is 2. The molecule has 0 aliphatic rings. The van der Waals surface area contributed by atoms with Crippen molar-refractivity contribution in [3.05, 3.63) is 53.9 Å². The lowest BCUT2D eigenvalue weighted by molar-refractivity contribution is 0.0669. The van der Waals surface area contributed by atoms with Crippen molar-refractivity contribution in [3.8, 4) is 0 Å². The van der Waals surface area contributed by atoms with Crippen molar-refractivity contribution in [1.29, 1.82) is 0 Å². The van der Waals surface area contributed by atoms with Crippen LogP contribution in [-0.2, 0) is 11.7 Å². The van der Waals surface area contributed by atoms with Crippen molar-refractivity contribution >= 4 is 0 Å². The number of aryl methyl sites for hydroxylation is 1. The van der Waals surface area contributed by atoms with E-state index >= 15 is 0 Å². The number of ether oxygens (including phenoxy) is 1. The zero-order valence-electron chi connectivity index (χ0n) is 23.0. The summed E-state index contributed by atoms with van der Waals surface area (Å²) in [7, 11) is 0. The van der Waals surface area contributed by atoms with E-state index in [0.29, 0.717) is 4.68 Å². The molecule has 2 aromatic rings. The summed E-state index contributed by atoms with van der Waals surface area (Å²) in [6.45, 7) is -13.0. The Morgan fingerprint density at radius 3 is 2.89 bits per heavy atom. The summed E-state index contributed by atoms with van der Waals surface area (Å²) >= 11 is 0. The van der Waals surface area contributed by atoms with Crippen molar-refractivity contribution in [2.75, 3.05) is 6.56 Å². The average molecular weight is 271 g/mol. The van der Waals surface area contributed by atoms with Gasteiger partial charge < -0.3 is 4.74 Å². The third-order valence-electron chi connectivity index (χ3n) is 2.42. The lowest BCUT2D eigenvalue weighted by Gasteiger charge is -2.19. The van der Waals surface area contributed by atoms with E-state index in [1.807, 2.05) is 0 Å². The van der Waals surface area contributed by atoms with Crippen LogP contribution in [0.15, 0.2) is 42.6 Å². The van der Waals surface area contributed by atoms with Crippen molar-refractivity contribution < 1.29 is 22.6 Å². The van der Waals surface area contributed by atoms with E-state index in [4.69, 9.17) is 22.6 Å². The van der Waals surface area contributed by atoms with Gasteiger partial charge in [-0.2, -0.15) is 5.10 Å². The van der Waals surface area contributed by atoms with Gasteiger partial charge in [0.15, 0.2) is 0 Å². The summed E-state index contributed by atoms with van der Waals surface area (Å²) < 4.78 is 107. The fraction of sp³-hybridized carbons (Fsp3) is 0.438. The van der Waals surface area contributed by atoms with Gasteiger partial charge in [-0.15, -0.1) is 0 Å². The molecule has 1 heterocycles. The first-order valence-corrected chi connectivity index (χ1v) is 5.57. The van der Waals surface area contributed by atoms with Crippen LogP contribution in [0.3, 0.4) is 0 Å². The highest BCUT2D eigenvalue weighted by Gasteiger charge is 2.17. The van der Waals surface area contributed by atoms with E-state index in [9.17, 15) is 0 Å². The maximum Gasteiger partial charge on any atom is 0.124 e. The van der Waals surface area contributed by atoms with Crippen LogP contribution in [0, 0.1) is 5.92 Å². The van der Waals surface area contributed by atoms with Gasteiger partial charge in [-0.3, -0.25) is 4.68 Å². The molecule has 0 aliphatic heterocycles. The third-order valence-corrected chi connectivity index (χ3v) is 2.42. The molecule has 0 aliphatic carbocycles. The fourth-order valence-electron chi connectivity index (χ4n) is 1.59. The summed E-state index contributed by atoms with van der Waals surface area (Å²) in [5, 5.41) is 3.72. The number of hydrogen-bond donors (Lipinski definition) is 0. The fourth-order valence-corrected chi connectivity index (χ4v) is 1.59. The molecule has 0 saturated carbocycles. The summed E-state index contributed by atoms with van der Waals surface area (Å²) in [5.74, 6) is -2.72. The van der Waals surface area contributed by atoms with Gasteiger partial charge in [0.25, 0.3) is 0 Å². The summed E-state index contributed by atoms with van der Waals surface area (Å²) in [6.07, 6.45) is -3.93. The normalized spacial score (nSPS) is 26.5. The van der Waals surface area contributed by atoms with Gasteiger partial charge in [-0.1, -0.05) is 44.0 Å². The third kappa shape index (κ3) is 3.67. The van der Waals surface area contributed by atoms with Crippen LogP contribution in [0.1, 0.15) is 55.3 Å². The monoisotopic (exact) mass is 271 g/mol. The van der Waals surface area contributed by atoms with Gasteiger partial charge in [-0.25, -0.2) is 0 Å². The van der Waals surface area contributed by atoms with E-state index in [0.717, 1.165) is 6.20 Å². The molecule has 1 atom stereocenters. The van der Waals surface area contributed by atoms with Gasteiger partial charge in [0.05, 0.1) is 8.44 Å². The smallest absolute Gasteiger partial charge is 0.124 e. The van der Waals surface area contributed by atoms with E-state index in [1.54, 1.807) is 18.2 Å². The van der Waals surface area contributed by atoms with E-state index in [2.05, 4.69) is 5.10 Å². The Bertz CT molecular complexity index is 885. The van der Waals surface area contributed by atoms with Crippen molar-refractivity contribution in [3.63, 3.8) is 0 Å². The number of benzene rings is 1. The second-order valence-corrected chi connectivity index (χ2v) is 3.76. The number of rotatable bonds is 6. The Morgan fingerprint density at radius 2 is 2.16 bits per heavy atom. The van der Waals surface area contributed by atoms with Gasteiger partial charge in [-0.05, 0) is 23.9 Å². The molecule has 19 heavy (non-hydrogen) atoms. The van der Waals surface area contributed by atoms with E-state index in [-0.39, 0.29) is 11.3 Å². The van der Waals surface area contributed by atoms with Gasteiger partial charge in [0.1, 0.15) is 6.10 Å². The maximum absolute atomic E-state index is 8.23. The SMILES string of the molecule is [2H]C([2H])([2H])C(C([2H])([2H])[2H])C([2H])([2H])C([2H])([2H])OC(c1ccccc1)c1ccnn1C([2H])([2H])[2H]. The zero-order valence-corrected chi connectivity index (χ0v) is 10.00. The Labute approximate surface area is 133 Å². The van der Waals surface area contributed by atoms with Crippen molar-refractivity contribution in [1.82, 2.24) is 9.78 Å². The first-order valence-electron chi connectivity index (χ1n) is 12.1. The van der Waals surface area contributed by atoms with Crippen LogP contribution < -0.4 is 0 Å². The molecule has 102 valence electrons. The minimum atomic E-state index is -3.53. The predicted molar refractivity (Wildman–Crippen MR) is 76.9 cm³/mol. The van der Waals surface area contributed by atoms with Crippen molar-refractivity contribution in [2.45, 2.75) is 26.2 Å². The molecular weight excluding hydrogens is 236 g/mol. The summed E-state index contributed by atoms with van der Waals surface area (Å²) in [5.41, 5.74) is 0.0627. The minimum absolute atomic E-state index is 0.157. The quantitative estimate of drug-likeness (QED) is 0.803. The maximum atomic E-state index is 8.23. The Hall–Kier alpha value is -1.61. The Kier molecular flexibility index (Phi) is 1.63. The summed E-state index contributed by atoms with van der Waals surface area (Å²) in [6, 6.07) is 8.92. The molecule has 0 radical (unpaired) electrons. The van der Waals surface area contributed by atoms with E-state index < -0.39 is 45.6 Å². The second-order valence-electron chi connectivity index (χ2n) is 3.76. The molecule has 2 rings (SSSR count). The standard InChI is InChI=1S/C16H22N2O/c1-13(2)10-12-19-16(14-7-5-4-6-8-14)15-9-11-17-18(15)3/h4-9,11,13,16H,10,12H2,1-3H3/i1D3,2D3,3D3,10D2,12D2. The Balaban J connectivity index is 2.62. The largest absolute Gasteiger partial charge is 0.367 e. The topological polar surface area (TPSA) is 27.1 Å². The minimum Gasteiger partial charge on any atom is -0.367 e. The summed E-state index contributed by atoms with van der Waals surface area (Å²) in [4.78, 5) is 0. The highest BCUT2D eigenvalue weighted by atomic mass is 16.5. The second kappa shape index (κ2) is 6.53. The zero-order chi connectivity index (χ0) is 24.8. The molecule has 0 amide bonds. The van der Waals surface area contributed by atoms with Crippen LogP contribution in [0.5, 0.6) is 0 Å². The van der Waals surface area contributed by atoms with Crippen LogP contribution in [-0.4, -0.2) is 16.3 Å². The predicted octanol–water partition coefficient (Wildman–Crippen LogP) is 3.57. The molecule has 1 aromatic heterocycles. The molecule has 3 heteroatoms. The molecular formula is C16H22N2O. The number of nitrogens with zero attached hydrogens (tertiary/aromatic N) is 2. The highest BCUT2D eigenvalue weighted by molar-refractivity contribution is 5.25. The van der Waals surface area contributed by atoms with Crippen LogP contribution >= 0.6 is 0 Å². The molecule has 1 unspecified atom stereocenters. The van der Waals surface area contributed by atoms with Gasteiger partial charge >= 0.3 is 0 Å². The molecule has 0 N–H and O–H groups in total. The average Bonchev–Trinajstić information content (AvgIpc) is 3.07. The van der Waals surface area contributed by atoms with Gasteiger partial charge in [0, 0.05) is 34.8 Å². The molecule has 0 bridgehead atoms. The first-order chi connectivity index (χ1) is 14.3. The Morgan fingerprint density at radius 1 is 1.32 bits per heavy atom. The molecule has 3 nitrogen and oxygen atoms in total. The lowest BCUT2D eigenvalue weighted by Crippen LogP contribution is -2.12. The molecule has 0 fully saturated rings. The molecule has 0 saturated heterocycles. The van der Waals surface area contributed by atoms with Crippen LogP contribution in [0.4, 0.5) is 0 Å². The number of hydrogen-bond acceptors (Lipinski definition) is 2. The molecule has 0 spiro atoms. The lowest BCUT2D eigenvalue weighted by atomic mass is 10.1. The van der Waals surface area contributed by atoms with Crippen LogP contribution in [0.2, 0.25) is 0 Å². The first kappa shape index (κ1) is 4.74. The molecule has 1 aromatic carbocycles. The van der Waals surface area contributed by atoms with E-state index in [1.165, 1.54) is 18.2 Å². The van der Waals surface area contributed by atoms with Crippen LogP contribution in [0.25, 0.3) is 0 Å². The van der Waals surface area contributed by atoms with Gasteiger partial charge in [0.2, 0.25) is 0 Å². The van der Waals surface area contributed by atoms with Crippen molar-refractivity contribution in [2.24, 2.45) is 12.9 Å². The highest BCUT2D eigenvalue weighted by Crippen LogP contribution is 2.25.